The Kier molecular flexibility index (Phi) is 5.25. The average molecular weight is 298 g/mol. The molecule has 0 fully saturated rings. The summed E-state index contributed by atoms with van der Waals surface area (Å²) in [5.41, 5.74) is 1.85. The standard InChI is InChI=1S/C17H18N2O3/c1-12-7-8-15(18-11-12)19-16(20)9-14(10-17(21)22)13-5-3-2-4-6-13/h2-8,11,14H,9-10H2,1H3,(H,21,22)(H,18,19,20)/t14-/m1/s1. The van der Waals surface area contributed by atoms with Crippen LogP contribution in [0.4, 0.5) is 5.82 Å². The first-order chi connectivity index (χ1) is 10.5. The number of carbonyl (C=O) groups excluding carboxylic acids is 1. The van der Waals surface area contributed by atoms with Gasteiger partial charge in [0.1, 0.15) is 5.82 Å². The van der Waals surface area contributed by atoms with Gasteiger partial charge in [-0.25, -0.2) is 4.98 Å². The van der Waals surface area contributed by atoms with E-state index in [-0.39, 0.29) is 24.7 Å². The lowest BCUT2D eigenvalue weighted by Gasteiger charge is -2.15. The summed E-state index contributed by atoms with van der Waals surface area (Å²) >= 11 is 0. The van der Waals surface area contributed by atoms with Crippen molar-refractivity contribution >= 4 is 17.7 Å². The Morgan fingerprint density at radius 2 is 1.86 bits per heavy atom. The third kappa shape index (κ3) is 4.70. The number of carboxylic acid groups (broad SMARTS) is 1. The highest BCUT2D eigenvalue weighted by atomic mass is 16.4. The molecule has 0 radical (unpaired) electrons. The van der Waals surface area contributed by atoms with Gasteiger partial charge < -0.3 is 10.4 Å². The topological polar surface area (TPSA) is 79.3 Å². The van der Waals surface area contributed by atoms with Gasteiger partial charge in [0, 0.05) is 18.5 Å². The summed E-state index contributed by atoms with van der Waals surface area (Å²) in [5, 5.41) is 11.7. The molecule has 2 rings (SSSR count). The minimum atomic E-state index is -0.921. The fraction of sp³-hybridized carbons (Fsp3) is 0.235. The average Bonchev–Trinajstić information content (AvgIpc) is 2.49. The van der Waals surface area contributed by atoms with Gasteiger partial charge in [-0.1, -0.05) is 36.4 Å². The van der Waals surface area contributed by atoms with Crippen molar-refractivity contribution in [3.8, 4) is 0 Å². The van der Waals surface area contributed by atoms with Crippen molar-refractivity contribution in [2.24, 2.45) is 0 Å². The molecule has 1 heterocycles. The number of carboxylic acids is 1. The third-order valence-electron chi connectivity index (χ3n) is 3.30. The monoisotopic (exact) mass is 298 g/mol. The number of rotatable bonds is 6. The fourth-order valence-electron chi connectivity index (χ4n) is 2.20. The number of aryl methyl sites for hydroxylation is 1. The van der Waals surface area contributed by atoms with Crippen LogP contribution in [0.3, 0.4) is 0 Å². The summed E-state index contributed by atoms with van der Waals surface area (Å²) in [7, 11) is 0. The van der Waals surface area contributed by atoms with Crippen molar-refractivity contribution in [3.05, 3.63) is 59.8 Å². The zero-order chi connectivity index (χ0) is 15.9. The molecular weight excluding hydrogens is 280 g/mol. The van der Waals surface area contributed by atoms with Gasteiger partial charge in [0.05, 0.1) is 6.42 Å². The lowest BCUT2D eigenvalue weighted by Crippen LogP contribution is -2.18. The molecule has 114 valence electrons. The summed E-state index contributed by atoms with van der Waals surface area (Å²) < 4.78 is 0. The number of aliphatic carboxylic acids is 1. The van der Waals surface area contributed by atoms with Gasteiger partial charge in [-0.05, 0) is 24.1 Å². The van der Waals surface area contributed by atoms with Crippen molar-refractivity contribution in [3.63, 3.8) is 0 Å². The normalized spacial score (nSPS) is 11.7. The molecule has 5 heteroatoms. The predicted molar refractivity (Wildman–Crippen MR) is 83.7 cm³/mol. The van der Waals surface area contributed by atoms with Gasteiger partial charge in [0.2, 0.25) is 5.91 Å². The van der Waals surface area contributed by atoms with Gasteiger partial charge in [-0.3, -0.25) is 9.59 Å². The molecule has 1 atom stereocenters. The van der Waals surface area contributed by atoms with E-state index in [1.54, 1.807) is 12.3 Å². The highest BCUT2D eigenvalue weighted by Gasteiger charge is 2.19. The van der Waals surface area contributed by atoms with E-state index in [0.29, 0.717) is 5.82 Å². The highest BCUT2D eigenvalue weighted by Crippen LogP contribution is 2.24. The Morgan fingerprint density at radius 1 is 1.14 bits per heavy atom. The second-order valence-corrected chi connectivity index (χ2v) is 5.18. The quantitative estimate of drug-likeness (QED) is 0.859. The largest absolute Gasteiger partial charge is 0.481 e. The third-order valence-corrected chi connectivity index (χ3v) is 3.30. The Balaban J connectivity index is 2.04. The molecule has 0 aliphatic heterocycles. The first kappa shape index (κ1) is 15.7. The van der Waals surface area contributed by atoms with Crippen LogP contribution in [0.15, 0.2) is 48.7 Å². The maximum atomic E-state index is 12.1. The van der Waals surface area contributed by atoms with E-state index in [1.807, 2.05) is 43.3 Å². The lowest BCUT2D eigenvalue weighted by molar-refractivity contribution is -0.137. The lowest BCUT2D eigenvalue weighted by atomic mass is 9.92. The number of anilines is 1. The number of benzene rings is 1. The molecule has 2 N–H and O–H groups in total. The minimum absolute atomic E-state index is 0.0846. The van der Waals surface area contributed by atoms with E-state index in [2.05, 4.69) is 10.3 Å². The van der Waals surface area contributed by atoms with Gasteiger partial charge in [0.25, 0.3) is 0 Å². The zero-order valence-corrected chi connectivity index (χ0v) is 12.3. The summed E-state index contributed by atoms with van der Waals surface area (Å²) in [6.45, 7) is 1.91. The van der Waals surface area contributed by atoms with Crippen molar-refractivity contribution in [1.82, 2.24) is 4.98 Å². The molecule has 0 saturated carbocycles. The molecular formula is C17H18N2O3. The van der Waals surface area contributed by atoms with E-state index in [4.69, 9.17) is 5.11 Å². The SMILES string of the molecule is Cc1ccc(NC(=O)C[C@H](CC(=O)O)c2ccccc2)nc1. The fourth-order valence-corrected chi connectivity index (χ4v) is 2.20. The van der Waals surface area contributed by atoms with Crippen LogP contribution in [0.2, 0.25) is 0 Å². The second-order valence-electron chi connectivity index (χ2n) is 5.18. The maximum Gasteiger partial charge on any atom is 0.303 e. The number of aromatic nitrogens is 1. The Hall–Kier alpha value is -2.69. The Labute approximate surface area is 129 Å². The van der Waals surface area contributed by atoms with Crippen LogP contribution in [0.1, 0.15) is 29.9 Å². The molecule has 1 aromatic heterocycles. The number of amides is 1. The van der Waals surface area contributed by atoms with E-state index in [9.17, 15) is 9.59 Å². The van der Waals surface area contributed by atoms with Crippen LogP contribution in [-0.2, 0) is 9.59 Å². The Bertz CT molecular complexity index is 639. The Morgan fingerprint density at radius 3 is 2.45 bits per heavy atom. The summed E-state index contributed by atoms with van der Waals surface area (Å²) in [6, 6.07) is 12.8. The maximum absolute atomic E-state index is 12.1. The van der Waals surface area contributed by atoms with Crippen molar-refractivity contribution in [1.29, 1.82) is 0 Å². The molecule has 5 nitrogen and oxygen atoms in total. The van der Waals surface area contributed by atoms with E-state index in [0.717, 1.165) is 11.1 Å². The van der Waals surface area contributed by atoms with Crippen LogP contribution in [0, 0.1) is 6.92 Å². The van der Waals surface area contributed by atoms with Gasteiger partial charge in [-0.2, -0.15) is 0 Å². The molecule has 0 saturated heterocycles. The number of carbonyl (C=O) groups is 2. The van der Waals surface area contributed by atoms with Crippen LogP contribution >= 0.6 is 0 Å². The molecule has 0 unspecified atom stereocenters. The van der Waals surface area contributed by atoms with E-state index in [1.165, 1.54) is 0 Å². The number of hydrogen-bond donors (Lipinski definition) is 2. The molecule has 0 aliphatic carbocycles. The van der Waals surface area contributed by atoms with Gasteiger partial charge in [0.15, 0.2) is 0 Å². The zero-order valence-electron chi connectivity index (χ0n) is 12.3. The second kappa shape index (κ2) is 7.36. The van der Waals surface area contributed by atoms with Gasteiger partial charge in [-0.15, -0.1) is 0 Å². The summed E-state index contributed by atoms with van der Waals surface area (Å²) in [4.78, 5) is 27.2. The molecule has 1 aromatic carbocycles. The van der Waals surface area contributed by atoms with Gasteiger partial charge >= 0.3 is 5.97 Å². The molecule has 0 bridgehead atoms. The first-order valence-corrected chi connectivity index (χ1v) is 7.04. The minimum Gasteiger partial charge on any atom is -0.481 e. The molecule has 1 amide bonds. The van der Waals surface area contributed by atoms with Crippen molar-refractivity contribution < 1.29 is 14.7 Å². The summed E-state index contributed by atoms with van der Waals surface area (Å²) in [5.74, 6) is -1.05. The van der Waals surface area contributed by atoms with Crippen LogP contribution < -0.4 is 5.32 Å². The smallest absolute Gasteiger partial charge is 0.303 e. The number of nitrogens with one attached hydrogen (secondary N) is 1. The van der Waals surface area contributed by atoms with E-state index >= 15 is 0 Å². The molecule has 0 aliphatic rings. The van der Waals surface area contributed by atoms with Crippen molar-refractivity contribution in [2.75, 3.05) is 5.32 Å². The van der Waals surface area contributed by atoms with Crippen LogP contribution in [0.5, 0.6) is 0 Å². The molecule has 22 heavy (non-hydrogen) atoms. The number of nitrogens with zero attached hydrogens (tertiary/aromatic N) is 1. The number of pyridine rings is 1. The molecule has 0 spiro atoms. The predicted octanol–water partition coefficient (Wildman–Crippen LogP) is 2.98. The number of hydrogen-bond acceptors (Lipinski definition) is 3. The van der Waals surface area contributed by atoms with Crippen LogP contribution in [0.25, 0.3) is 0 Å². The van der Waals surface area contributed by atoms with Crippen molar-refractivity contribution in [2.45, 2.75) is 25.7 Å². The summed E-state index contributed by atoms with van der Waals surface area (Å²) in [6.07, 6.45) is 1.69. The first-order valence-electron chi connectivity index (χ1n) is 7.04. The van der Waals surface area contributed by atoms with E-state index < -0.39 is 5.97 Å². The highest BCUT2D eigenvalue weighted by molar-refractivity contribution is 5.90. The van der Waals surface area contributed by atoms with Crippen LogP contribution in [-0.4, -0.2) is 22.0 Å². The molecule has 2 aromatic rings.